The van der Waals surface area contributed by atoms with Gasteiger partial charge in [-0.15, -0.1) is 0 Å². The molecular weight excluding hydrogens is 246 g/mol. The number of hydrogen-bond acceptors (Lipinski definition) is 2. The topological polar surface area (TPSA) is 21.3 Å². The fraction of sp³-hybridized carbons (Fsp3) is 0.667. The van der Waals surface area contributed by atoms with Crippen molar-refractivity contribution in [1.82, 2.24) is 5.32 Å². The van der Waals surface area contributed by atoms with E-state index >= 15 is 0 Å². The third-order valence-corrected chi connectivity index (χ3v) is 5.02. The van der Waals surface area contributed by atoms with E-state index in [-0.39, 0.29) is 11.6 Å². The SMILES string of the molecule is Cc1ccc(C2OCC3(CCCC(C)C3)NC2C)cc1. The number of rotatable bonds is 1. The summed E-state index contributed by atoms with van der Waals surface area (Å²) >= 11 is 0. The lowest BCUT2D eigenvalue weighted by Crippen LogP contribution is -2.60. The van der Waals surface area contributed by atoms with Gasteiger partial charge in [-0.3, -0.25) is 0 Å². The van der Waals surface area contributed by atoms with Crippen LogP contribution >= 0.6 is 0 Å². The van der Waals surface area contributed by atoms with Gasteiger partial charge in [0.25, 0.3) is 0 Å². The van der Waals surface area contributed by atoms with Crippen LogP contribution in [0.2, 0.25) is 0 Å². The summed E-state index contributed by atoms with van der Waals surface area (Å²) in [6, 6.07) is 9.16. The van der Waals surface area contributed by atoms with Crippen molar-refractivity contribution in [2.45, 2.75) is 64.1 Å². The van der Waals surface area contributed by atoms with Crippen LogP contribution in [0.25, 0.3) is 0 Å². The van der Waals surface area contributed by atoms with Crippen molar-refractivity contribution in [3.05, 3.63) is 35.4 Å². The van der Waals surface area contributed by atoms with Crippen molar-refractivity contribution in [3.63, 3.8) is 0 Å². The minimum absolute atomic E-state index is 0.193. The molecule has 1 aromatic carbocycles. The smallest absolute Gasteiger partial charge is 0.0976 e. The van der Waals surface area contributed by atoms with Crippen molar-refractivity contribution < 1.29 is 4.74 Å². The fourth-order valence-corrected chi connectivity index (χ4v) is 4.06. The van der Waals surface area contributed by atoms with Crippen molar-refractivity contribution in [1.29, 1.82) is 0 Å². The monoisotopic (exact) mass is 273 g/mol. The van der Waals surface area contributed by atoms with E-state index in [1.165, 1.54) is 36.8 Å². The number of ether oxygens (including phenoxy) is 1. The molecule has 0 bridgehead atoms. The molecule has 1 heterocycles. The van der Waals surface area contributed by atoms with E-state index in [0.29, 0.717) is 6.04 Å². The van der Waals surface area contributed by atoms with E-state index in [1.54, 1.807) is 0 Å². The molecule has 3 rings (SSSR count). The predicted octanol–water partition coefficient (Wildman–Crippen LogP) is 3.99. The predicted molar refractivity (Wildman–Crippen MR) is 82.8 cm³/mol. The van der Waals surface area contributed by atoms with E-state index < -0.39 is 0 Å². The summed E-state index contributed by atoms with van der Waals surface area (Å²) in [6.45, 7) is 7.63. The van der Waals surface area contributed by atoms with Gasteiger partial charge in [-0.05, 0) is 38.2 Å². The first-order chi connectivity index (χ1) is 9.58. The molecule has 4 unspecified atom stereocenters. The number of nitrogens with one attached hydrogen (secondary N) is 1. The molecule has 1 aromatic rings. The van der Waals surface area contributed by atoms with Crippen LogP contribution in [0.4, 0.5) is 0 Å². The van der Waals surface area contributed by atoms with Gasteiger partial charge in [0.2, 0.25) is 0 Å². The average Bonchev–Trinajstić information content (AvgIpc) is 2.40. The molecule has 1 spiro atoms. The van der Waals surface area contributed by atoms with Crippen LogP contribution in [0.1, 0.15) is 56.8 Å². The summed E-state index contributed by atoms with van der Waals surface area (Å²) < 4.78 is 6.30. The van der Waals surface area contributed by atoms with E-state index in [1.807, 2.05) is 0 Å². The van der Waals surface area contributed by atoms with Crippen LogP contribution < -0.4 is 5.32 Å². The molecule has 2 fully saturated rings. The standard InChI is InChI=1S/C18H27NO/c1-13-6-8-16(9-7-13)17-15(3)19-18(12-20-17)10-4-5-14(2)11-18/h6-9,14-15,17,19H,4-5,10-12H2,1-3H3. The average molecular weight is 273 g/mol. The fourth-order valence-electron chi connectivity index (χ4n) is 4.06. The first-order valence-electron chi connectivity index (χ1n) is 8.04. The highest BCUT2D eigenvalue weighted by Gasteiger charge is 2.42. The summed E-state index contributed by atoms with van der Waals surface area (Å²) in [4.78, 5) is 0. The molecule has 1 saturated heterocycles. The van der Waals surface area contributed by atoms with Crippen LogP contribution in [0.3, 0.4) is 0 Å². The summed E-state index contributed by atoms with van der Waals surface area (Å²) in [5.41, 5.74) is 2.84. The Morgan fingerprint density at radius 2 is 1.95 bits per heavy atom. The van der Waals surface area contributed by atoms with Crippen molar-refractivity contribution in [2.75, 3.05) is 6.61 Å². The Balaban J connectivity index is 1.72. The third-order valence-electron chi connectivity index (χ3n) is 5.02. The van der Waals surface area contributed by atoms with Gasteiger partial charge in [-0.2, -0.15) is 0 Å². The molecule has 20 heavy (non-hydrogen) atoms. The molecule has 0 radical (unpaired) electrons. The molecular formula is C18H27NO. The largest absolute Gasteiger partial charge is 0.370 e. The molecule has 1 N–H and O–H groups in total. The zero-order valence-electron chi connectivity index (χ0n) is 13.0. The van der Waals surface area contributed by atoms with Gasteiger partial charge in [0.05, 0.1) is 12.7 Å². The maximum Gasteiger partial charge on any atom is 0.0976 e. The molecule has 0 aromatic heterocycles. The maximum absolute atomic E-state index is 6.30. The first kappa shape index (κ1) is 14.1. The lowest BCUT2D eigenvalue weighted by molar-refractivity contribution is -0.0767. The molecule has 110 valence electrons. The summed E-state index contributed by atoms with van der Waals surface area (Å²) in [7, 11) is 0. The lowest BCUT2D eigenvalue weighted by atomic mass is 9.75. The molecule has 2 aliphatic rings. The van der Waals surface area contributed by atoms with Gasteiger partial charge >= 0.3 is 0 Å². The van der Waals surface area contributed by atoms with Gasteiger partial charge < -0.3 is 10.1 Å². The highest BCUT2D eigenvalue weighted by molar-refractivity contribution is 5.25. The number of aryl methyl sites for hydroxylation is 1. The van der Waals surface area contributed by atoms with Gasteiger partial charge in [0.15, 0.2) is 0 Å². The molecule has 0 amide bonds. The second kappa shape index (κ2) is 5.50. The molecule has 4 atom stereocenters. The Morgan fingerprint density at radius 3 is 2.60 bits per heavy atom. The molecule has 1 aliphatic heterocycles. The Labute approximate surface area is 122 Å². The number of morpholine rings is 1. The van der Waals surface area contributed by atoms with E-state index in [9.17, 15) is 0 Å². The third kappa shape index (κ3) is 2.77. The van der Waals surface area contributed by atoms with E-state index in [0.717, 1.165) is 12.5 Å². The van der Waals surface area contributed by atoms with Crippen molar-refractivity contribution in [2.24, 2.45) is 5.92 Å². The van der Waals surface area contributed by atoms with Gasteiger partial charge in [0, 0.05) is 11.6 Å². The van der Waals surface area contributed by atoms with E-state index in [4.69, 9.17) is 4.74 Å². The minimum Gasteiger partial charge on any atom is -0.370 e. The normalized spacial score (nSPS) is 38.0. The van der Waals surface area contributed by atoms with Crippen molar-refractivity contribution >= 4 is 0 Å². The second-order valence-corrected chi connectivity index (χ2v) is 7.06. The van der Waals surface area contributed by atoms with Crippen LogP contribution in [0, 0.1) is 12.8 Å². The highest BCUT2D eigenvalue weighted by atomic mass is 16.5. The maximum atomic E-state index is 6.30. The van der Waals surface area contributed by atoms with Gasteiger partial charge in [-0.25, -0.2) is 0 Å². The van der Waals surface area contributed by atoms with Crippen LogP contribution in [0.15, 0.2) is 24.3 Å². The highest BCUT2D eigenvalue weighted by Crippen LogP contribution is 2.38. The Hall–Kier alpha value is -0.860. The number of hydrogen-bond donors (Lipinski definition) is 1. The van der Waals surface area contributed by atoms with Crippen molar-refractivity contribution in [3.8, 4) is 0 Å². The Bertz CT molecular complexity index is 455. The first-order valence-corrected chi connectivity index (χ1v) is 8.04. The van der Waals surface area contributed by atoms with Crippen LogP contribution in [-0.2, 0) is 4.74 Å². The Morgan fingerprint density at radius 1 is 1.20 bits per heavy atom. The van der Waals surface area contributed by atoms with E-state index in [2.05, 4.69) is 50.4 Å². The minimum atomic E-state index is 0.193. The molecule has 2 nitrogen and oxygen atoms in total. The molecule has 1 saturated carbocycles. The van der Waals surface area contributed by atoms with Gasteiger partial charge in [-0.1, -0.05) is 49.6 Å². The second-order valence-electron chi connectivity index (χ2n) is 7.06. The summed E-state index contributed by atoms with van der Waals surface area (Å²) in [6.07, 6.45) is 5.43. The zero-order chi connectivity index (χ0) is 14.2. The summed E-state index contributed by atoms with van der Waals surface area (Å²) in [5, 5.41) is 3.90. The zero-order valence-corrected chi connectivity index (χ0v) is 13.0. The van der Waals surface area contributed by atoms with Crippen LogP contribution in [0.5, 0.6) is 0 Å². The number of benzene rings is 1. The summed E-state index contributed by atoms with van der Waals surface area (Å²) in [5.74, 6) is 0.822. The van der Waals surface area contributed by atoms with Gasteiger partial charge in [0.1, 0.15) is 0 Å². The quantitative estimate of drug-likeness (QED) is 0.835. The van der Waals surface area contributed by atoms with Crippen LogP contribution in [-0.4, -0.2) is 18.2 Å². The molecule has 1 aliphatic carbocycles. The lowest BCUT2D eigenvalue weighted by Gasteiger charge is -2.48. The molecule has 2 heteroatoms. The Kier molecular flexibility index (Phi) is 3.87.